The van der Waals surface area contributed by atoms with Gasteiger partial charge in [-0.15, -0.1) is 0 Å². The second kappa shape index (κ2) is 5.15. The predicted molar refractivity (Wildman–Crippen MR) is 67.4 cm³/mol. The lowest BCUT2D eigenvalue weighted by molar-refractivity contribution is 0.210. The molecule has 0 fully saturated rings. The molecule has 0 aliphatic carbocycles. The third kappa shape index (κ3) is 3.18. The summed E-state index contributed by atoms with van der Waals surface area (Å²) in [4.78, 5) is 2.07. The summed E-state index contributed by atoms with van der Waals surface area (Å²) < 4.78 is 13.4. The van der Waals surface area contributed by atoms with Crippen LogP contribution in [-0.2, 0) is 0 Å². The Morgan fingerprint density at radius 3 is 2.59 bits per heavy atom. The molecule has 17 heavy (non-hydrogen) atoms. The van der Waals surface area contributed by atoms with Crippen molar-refractivity contribution in [1.82, 2.24) is 4.90 Å². The SMILES string of the molecule is CN(C)C(C)(C)CNc1cccc(F)c1C#N. The topological polar surface area (TPSA) is 39.1 Å². The summed E-state index contributed by atoms with van der Waals surface area (Å²) >= 11 is 0. The Morgan fingerprint density at radius 1 is 1.41 bits per heavy atom. The number of benzene rings is 1. The molecule has 4 heteroatoms. The van der Waals surface area contributed by atoms with Gasteiger partial charge in [-0.2, -0.15) is 5.26 Å². The molecule has 0 aromatic heterocycles. The Hall–Kier alpha value is -1.60. The van der Waals surface area contributed by atoms with E-state index in [4.69, 9.17) is 5.26 Å². The van der Waals surface area contributed by atoms with E-state index in [-0.39, 0.29) is 11.1 Å². The van der Waals surface area contributed by atoms with E-state index in [1.54, 1.807) is 12.1 Å². The van der Waals surface area contributed by atoms with E-state index < -0.39 is 5.82 Å². The highest BCUT2D eigenvalue weighted by Gasteiger charge is 2.20. The molecule has 0 saturated carbocycles. The van der Waals surface area contributed by atoms with Gasteiger partial charge < -0.3 is 10.2 Å². The van der Waals surface area contributed by atoms with Crippen LogP contribution < -0.4 is 5.32 Å². The lowest BCUT2D eigenvalue weighted by Gasteiger charge is -2.33. The van der Waals surface area contributed by atoms with Gasteiger partial charge in [0.25, 0.3) is 0 Å². The van der Waals surface area contributed by atoms with Crippen LogP contribution in [0.15, 0.2) is 18.2 Å². The van der Waals surface area contributed by atoms with Crippen molar-refractivity contribution in [3.8, 4) is 6.07 Å². The molecule has 1 rings (SSSR count). The van der Waals surface area contributed by atoms with Crippen LogP contribution in [-0.4, -0.2) is 31.1 Å². The molecule has 1 aromatic rings. The Balaban J connectivity index is 2.84. The number of halogens is 1. The second-order valence-electron chi connectivity index (χ2n) is 4.83. The van der Waals surface area contributed by atoms with Gasteiger partial charge in [0.1, 0.15) is 17.4 Å². The number of anilines is 1. The Bertz CT molecular complexity index is 433. The van der Waals surface area contributed by atoms with Crippen molar-refractivity contribution >= 4 is 5.69 Å². The van der Waals surface area contributed by atoms with Gasteiger partial charge in [0.15, 0.2) is 0 Å². The van der Waals surface area contributed by atoms with Gasteiger partial charge in [0.2, 0.25) is 0 Å². The first kappa shape index (κ1) is 13.5. The van der Waals surface area contributed by atoms with Gasteiger partial charge in [-0.05, 0) is 40.1 Å². The molecule has 1 aromatic carbocycles. The molecule has 0 radical (unpaired) electrons. The summed E-state index contributed by atoms with van der Waals surface area (Å²) in [5, 5.41) is 12.0. The predicted octanol–water partition coefficient (Wildman–Crippen LogP) is 2.45. The van der Waals surface area contributed by atoms with Crippen LogP contribution in [0, 0.1) is 17.1 Å². The number of nitriles is 1. The largest absolute Gasteiger partial charge is 0.382 e. The number of nitrogens with zero attached hydrogens (tertiary/aromatic N) is 2. The molecule has 1 N–H and O–H groups in total. The first-order valence-corrected chi connectivity index (χ1v) is 5.48. The average molecular weight is 235 g/mol. The van der Waals surface area contributed by atoms with Crippen molar-refractivity contribution in [3.05, 3.63) is 29.6 Å². The maximum absolute atomic E-state index is 13.4. The van der Waals surface area contributed by atoms with Gasteiger partial charge in [0.05, 0.1) is 5.69 Å². The smallest absolute Gasteiger partial charge is 0.143 e. The Morgan fingerprint density at radius 2 is 2.06 bits per heavy atom. The van der Waals surface area contributed by atoms with Gasteiger partial charge >= 0.3 is 0 Å². The average Bonchev–Trinajstić information content (AvgIpc) is 2.26. The zero-order valence-corrected chi connectivity index (χ0v) is 10.7. The molecule has 0 bridgehead atoms. The van der Waals surface area contributed by atoms with Gasteiger partial charge in [-0.3, -0.25) is 0 Å². The molecular weight excluding hydrogens is 217 g/mol. The molecule has 0 aliphatic rings. The second-order valence-corrected chi connectivity index (χ2v) is 4.83. The Labute approximate surface area is 102 Å². The molecule has 0 heterocycles. The minimum absolute atomic E-state index is 0.0704. The molecule has 3 nitrogen and oxygen atoms in total. The summed E-state index contributed by atoms with van der Waals surface area (Å²) in [7, 11) is 3.97. The van der Waals surface area contributed by atoms with Gasteiger partial charge in [0, 0.05) is 12.1 Å². The number of nitrogens with one attached hydrogen (secondary N) is 1. The minimum Gasteiger partial charge on any atom is -0.382 e. The molecular formula is C13H18FN3. The summed E-state index contributed by atoms with van der Waals surface area (Å²) in [6, 6.07) is 6.48. The normalized spacial score (nSPS) is 11.4. The molecule has 0 unspecified atom stereocenters. The van der Waals surface area contributed by atoms with E-state index in [0.717, 1.165) is 0 Å². The fraction of sp³-hybridized carbons (Fsp3) is 0.462. The standard InChI is InChI=1S/C13H18FN3/c1-13(2,17(3)4)9-16-12-7-5-6-11(14)10(12)8-15/h5-7,16H,9H2,1-4H3. The maximum Gasteiger partial charge on any atom is 0.143 e. The van der Waals surface area contributed by atoms with Crippen LogP contribution in [0.5, 0.6) is 0 Å². The van der Waals surface area contributed by atoms with Crippen LogP contribution in [0.2, 0.25) is 0 Å². The fourth-order valence-electron chi connectivity index (χ4n) is 1.25. The highest BCUT2D eigenvalue weighted by atomic mass is 19.1. The highest BCUT2D eigenvalue weighted by Crippen LogP contribution is 2.19. The zero-order chi connectivity index (χ0) is 13.1. The van der Waals surface area contributed by atoms with Crippen molar-refractivity contribution < 1.29 is 4.39 Å². The van der Waals surface area contributed by atoms with Crippen LogP contribution in [0.4, 0.5) is 10.1 Å². The monoisotopic (exact) mass is 235 g/mol. The number of hydrogen-bond donors (Lipinski definition) is 1. The molecule has 0 aliphatic heterocycles. The van der Waals surface area contributed by atoms with Crippen LogP contribution in [0.25, 0.3) is 0 Å². The van der Waals surface area contributed by atoms with E-state index in [1.807, 2.05) is 20.2 Å². The summed E-state index contributed by atoms with van der Waals surface area (Å²) in [5.41, 5.74) is 0.545. The molecule has 0 spiro atoms. The van der Waals surface area contributed by atoms with E-state index in [2.05, 4.69) is 24.1 Å². The summed E-state index contributed by atoms with van der Waals surface area (Å²) in [6.45, 7) is 4.79. The third-order valence-corrected chi connectivity index (χ3v) is 3.05. The highest BCUT2D eigenvalue weighted by molar-refractivity contribution is 5.58. The lowest BCUT2D eigenvalue weighted by atomic mass is 10.0. The van der Waals surface area contributed by atoms with Crippen LogP contribution >= 0.6 is 0 Å². The van der Waals surface area contributed by atoms with Crippen molar-refractivity contribution in [2.75, 3.05) is 26.0 Å². The Kier molecular flexibility index (Phi) is 4.08. The zero-order valence-electron chi connectivity index (χ0n) is 10.7. The summed E-state index contributed by atoms with van der Waals surface area (Å²) in [5.74, 6) is -0.486. The molecule has 92 valence electrons. The number of hydrogen-bond acceptors (Lipinski definition) is 3. The number of likely N-dealkylation sites (N-methyl/N-ethyl adjacent to an activating group) is 1. The van der Waals surface area contributed by atoms with Crippen molar-refractivity contribution in [1.29, 1.82) is 5.26 Å². The summed E-state index contributed by atoms with van der Waals surface area (Å²) in [6.07, 6.45) is 0. The van der Waals surface area contributed by atoms with Crippen LogP contribution in [0.1, 0.15) is 19.4 Å². The van der Waals surface area contributed by atoms with Crippen molar-refractivity contribution in [3.63, 3.8) is 0 Å². The van der Waals surface area contributed by atoms with Crippen molar-refractivity contribution in [2.45, 2.75) is 19.4 Å². The molecule has 0 amide bonds. The van der Waals surface area contributed by atoms with Crippen molar-refractivity contribution in [2.24, 2.45) is 0 Å². The fourth-order valence-corrected chi connectivity index (χ4v) is 1.25. The van der Waals surface area contributed by atoms with Gasteiger partial charge in [-0.25, -0.2) is 4.39 Å². The van der Waals surface area contributed by atoms with Gasteiger partial charge in [-0.1, -0.05) is 6.07 Å². The maximum atomic E-state index is 13.4. The molecule has 0 atom stereocenters. The first-order chi connectivity index (χ1) is 7.88. The van der Waals surface area contributed by atoms with E-state index in [0.29, 0.717) is 12.2 Å². The first-order valence-electron chi connectivity index (χ1n) is 5.48. The third-order valence-electron chi connectivity index (χ3n) is 3.05. The number of rotatable bonds is 4. The lowest BCUT2D eigenvalue weighted by Crippen LogP contribution is -2.44. The van der Waals surface area contributed by atoms with E-state index >= 15 is 0 Å². The van der Waals surface area contributed by atoms with E-state index in [1.165, 1.54) is 6.07 Å². The van der Waals surface area contributed by atoms with E-state index in [9.17, 15) is 4.39 Å². The quantitative estimate of drug-likeness (QED) is 0.871. The minimum atomic E-state index is -0.486. The molecule has 0 saturated heterocycles. The van der Waals surface area contributed by atoms with Crippen LogP contribution in [0.3, 0.4) is 0 Å².